The van der Waals surface area contributed by atoms with Crippen molar-refractivity contribution < 1.29 is 0 Å². The summed E-state index contributed by atoms with van der Waals surface area (Å²) in [5, 5.41) is 5.23. The van der Waals surface area contributed by atoms with Crippen LogP contribution in [0.3, 0.4) is 0 Å². The molecule has 5 heteroatoms. The van der Waals surface area contributed by atoms with E-state index in [-0.39, 0.29) is 0 Å². The zero-order valence-electron chi connectivity index (χ0n) is 11.7. The monoisotopic (exact) mass is 309 g/mol. The molecular formula is C15H20ClN3S. The number of aliphatic imine (C=N–C) groups is 1. The Morgan fingerprint density at radius 1 is 1.50 bits per heavy atom. The van der Waals surface area contributed by atoms with Crippen molar-refractivity contribution in [3.05, 3.63) is 28.8 Å². The molecule has 2 aliphatic rings. The van der Waals surface area contributed by atoms with Crippen LogP contribution >= 0.6 is 23.4 Å². The van der Waals surface area contributed by atoms with E-state index in [2.05, 4.69) is 22.3 Å². The number of nitrogens with zero attached hydrogens (tertiary/aromatic N) is 2. The Kier molecular flexibility index (Phi) is 4.54. The Labute approximate surface area is 129 Å². The molecule has 0 spiro atoms. The summed E-state index contributed by atoms with van der Waals surface area (Å²) in [6.45, 7) is 3.24. The Morgan fingerprint density at radius 3 is 3.20 bits per heavy atom. The van der Waals surface area contributed by atoms with Gasteiger partial charge in [0.05, 0.1) is 6.54 Å². The maximum atomic E-state index is 6.00. The molecule has 0 aliphatic carbocycles. The van der Waals surface area contributed by atoms with Gasteiger partial charge in [0.2, 0.25) is 0 Å². The van der Waals surface area contributed by atoms with Crippen LogP contribution in [0.2, 0.25) is 5.02 Å². The number of nitrogens with one attached hydrogen (secondary N) is 1. The maximum absolute atomic E-state index is 6.00. The molecule has 1 N–H and O–H groups in total. The summed E-state index contributed by atoms with van der Waals surface area (Å²) in [7, 11) is 2.21. The summed E-state index contributed by atoms with van der Waals surface area (Å²) in [5.74, 6) is 2.01. The van der Waals surface area contributed by atoms with Gasteiger partial charge in [-0.25, -0.2) is 0 Å². The number of thioether (sulfide) groups is 1. The molecule has 1 fully saturated rings. The van der Waals surface area contributed by atoms with Crippen molar-refractivity contribution in [1.29, 1.82) is 0 Å². The van der Waals surface area contributed by atoms with Gasteiger partial charge >= 0.3 is 0 Å². The summed E-state index contributed by atoms with van der Waals surface area (Å²) in [6.07, 6.45) is 2.63. The summed E-state index contributed by atoms with van der Waals surface area (Å²) in [4.78, 5) is 7.01. The molecule has 1 saturated heterocycles. The van der Waals surface area contributed by atoms with Gasteiger partial charge in [-0.1, -0.05) is 23.4 Å². The first kappa shape index (κ1) is 14.2. The third kappa shape index (κ3) is 3.48. The van der Waals surface area contributed by atoms with E-state index in [4.69, 9.17) is 11.6 Å². The summed E-state index contributed by atoms with van der Waals surface area (Å²) in [5.41, 5.74) is 2.33. The van der Waals surface area contributed by atoms with E-state index in [9.17, 15) is 0 Å². The molecule has 0 aromatic heterocycles. The smallest absolute Gasteiger partial charge is 0.161 e. The molecule has 1 aromatic rings. The van der Waals surface area contributed by atoms with Crippen LogP contribution in [0, 0.1) is 5.92 Å². The summed E-state index contributed by atoms with van der Waals surface area (Å²) < 4.78 is 0. The molecule has 2 aliphatic heterocycles. The van der Waals surface area contributed by atoms with E-state index in [1.807, 2.05) is 30.0 Å². The number of anilines is 1. The van der Waals surface area contributed by atoms with Crippen LogP contribution < -0.4 is 5.32 Å². The minimum absolute atomic E-state index is 0.734. The average molecular weight is 310 g/mol. The lowest BCUT2D eigenvalue weighted by molar-refractivity contribution is 0.393. The molecule has 2 heterocycles. The van der Waals surface area contributed by atoms with Crippen molar-refractivity contribution >= 4 is 34.2 Å². The van der Waals surface area contributed by atoms with E-state index in [0.29, 0.717) is 0 Å². The van der Waals surface area contributed by atoms with Crippen LogP contribution in [0.1, 0.15) is 18.4 Å². The van der Waals surface area contributed by atoms with Gasteiger partial charge in [0.25, 0.3) is 0 Å². The van der Waals surface area contributed by atoms with Gasteiger partial charge in [0.1, 0.15) is 0 Å². The predicted octanol–water partition coefficient (Wildman–Crippen LogP) is 3.70. The Morgan fingerprint density at radius 2 is 2.40 bits per heavy atom. The SMILES string of the molecule is CN1CCC(CCSC2=NCc3cc(Cl)ccc3N2)C1. The fraction of sp³-hybridized carbons (Fsp3) is 0.533. The molecule has 0 bridgehead atoms. The zero-order chi connectivity index (χ0) is 13.9. The Balaban J connectivity index is 1.48. The zero-order valence-corrected chi connectivity index (χ0v) is 13.3. The van der Waals surface area contributed by atoms with Crippen LogP contribution in [0.5, 0.6) is 0 Å². The topological polar surface area (TPSA) is 27.6 Å². The number of halogens is 1. The van der Waals surface area contributed by atoms with Crippen molar-refractivity contribution in [2.45, 2.75) is 19.4 Å². The molecule has 0 saturated carbocycles. The third-order valence-electron chi connectivity index (χ3n) is 3.96. The minimum atomic E-state index is 0.734. The molecule has 1 atom stereocenters. The first-order valence-electron chi connectivity index (χ1n) is 7.12. The number of fused-ring (bicyclic) bond motifs is 1. The van der Waals surface area contributed by atoms with Crippen LogP contribution in [0.15, 0.2) is 23.2 Å². The lowest BCUT2D eigenvalue weighted by Crippen LogP contribution is -2.16. The average Bonchev–Trinajstić information content (AvgIpc) is 2.85. The molecule has 1 unspecified atom stereocenters. The van der Waals surface area contributed by atoms with E-state index < -0.39 is 0 Å². The van der Waals surface area contributed by atoms with Gasteiger partial charge < -0.3 is 10.2 Å². The van der Waals surface area contributed by atoms with Gasteiger partial charge in [-0.15, -0.1) is 0 Å². The normalized spacial score (nSPS) is 22.3. The minimum Gasteiger partial charge on any atom is -0.335 e. The second kappa shape index (κ2) is 6.37. The van der Waals surface area contributed by atoms with Crippen LogP contribution in [-0.2, 0) is 6.54 Å². The molecule has 20 heavy (non-hydrogen) atoms. The van der Waals surface area contributed by atoms with E-state index in [0.717, 1.165) is 34.1 Å². The third-order valence-corrected chi connectivity index (χ3v) is 5.14. The van der Waals surface area contributed by atoms with Crippen molar-refractivity contribution in [3.63, 3.8) is 0 Å². The standard InChI is InChI=1S/C15H20ClN3S/c1-19-6-4-11(10-19)5-7-20-15-17-9-12-8-13(16)2-3-14(12)18-15/h2-3,8,11H,4-7,9-10H2,1H3,(H,17,18). The quantitative estimate of drug-likeness (QED) is 0.922. The molecule has 3 rings (SSSR count). The highest BCUT2D eigenvalue weighted by atomic mass is 35.5. The van der Waals surface area contributed by atoms with Gasteiger partial charge in [0, 0.05) is 23.0 Å². The van der Waals surface area contributed by atoms with Crippen molar-refractivity contribution in [2.75, 3.05) is 31.2 Å². The fourth-order valence-electron chi connectivity index (χ4n) is 2.79. The Hall–Kier alpha value is -0.710. The van der Waals surface area contributed by atoms with Crippen molar-refractivity contribution in [3.8, 4) is 0 Å². The molecule has 3 nitrogen and oxygen atoms in total. The van der Waals surface area contributed by atoms with Crippen LogP contribution in [0.25, 0.3) is 0 Å². The molecule has 0 amide bonds. The summed E-state index contributed by atoms with van der Waals surface area (Å²) in [6, 6.07) is 5.96. The number of amidine groups is 1. The number of hydrogen-bond donors (Lipinski definition) is 1. The molecule has 0 radical (unpaired) electrons. The lowest BCUT2D eigenvalue weighted by atomic mass is 10.1. The highest BCUT2D eigenvalue weighted by Crippen LogP contribution is 2.27. The van der Waals surface area contributed by atoms with Gasteiger partial charge in [-0.05, 0) is 56.1 Å². The fourth-order valence-corrected chi connectivity index (χ4v) is 3.97. The highest BCUT2D eigenvalue weighted by Gasteiger charge is 2.19. The first-order chi connectivity index (χ1) is 9.70. The highest BCUT2D eigenvalue weighted by molar-refractivity contribution is 8.14. The number of hydrogen-bond acceptors (Lipinski definition) is 4. The van der Waals surface area contributed by atoms with E-state index in [1.54, 1.807) is 0 Å². The lowest BCUT2D eigenvalue weighted by Gasteiger charge is -2.18. The van der Waals surface area contributed by atoms with Gasteiger partial charge in [0.15, 0.2) is 5.17 Å². The molecular weight excluding hydrogens is 290 g/mol. The van der Waals surface area contributed by atoms with Gasteiger partial charge in [-0.2, -0.15) is 0 Å². The van der Waals surface area contributed by atoms with Gasteiger partial charge in [-0.3, -0.25) is 4.99 Å². The van der Waals surface area contributed by atoms with Crippen molar-refractivity contribution in [2.24, 2.45) is 10.9 Å². The maximum Gasteiger partial charge on any atom is 0.161 e. The van der Waals surface area contributed by atoms with E-state index in [1.165, 1.54) is 31.5 Å². The Bertz CT molecular complexity index is 518. The van der Waals surface area contributed by atoms with Crippen LogP contribution in [-0.4, -0.2) is 36.0 Å². The number of rotatable bonds is 3. The first-order valence-corrected chi connectivity index (χ1v) is 8.48. The number of likely N-dealkylation sites (tertiary alicyclic amines) is 1. The van der Waals surface area contributed by atoms with Crippen LogP contribution in [0.4, 0.5) is 5.69 Å². The second-order valence-corrected chi connectivity index (χ2v) is 7.12. The molecule has 1 aromatic carbocycles. The van der Waals surface area contributed by atoms with Crippen molar-refractivity contribution in [1.82, 2.24) is 4.90 Å². The predicted molar refractivity (Wildman–Crippen MR) is 88.9 cm³/mol. The molecule has 108 valence electrons. The van der Waals surface area contributed by atoms with E-state index >= 15 is 0 Å². The number of benzene rings is 1. The summed E-state index contributed by atoms with van der Waals surface area (Å²) >= 11 is 7.84. The second-order valence-electron chi connectivity index (χ2n) is 5.60. The largest absolute Gasteiger partial charge is 0.335 e.